The molecule has 0 saturated heterocycles. The van der Waals surface area contributed by atoms with Crippen LogP contribution in [0.4, 0.5) is 0 Å². The van der Waals surface area contributed by atoms with E-state index >= 15 is 0 Å². The second-order valence-corrected chi connectivity index (χ2v) is 8.79. The molecule has 1 aromatic heterocycles. The number of nitrogens with two attached hydrogens (primary N) is 1. The summed E-state index contributed by atoms with van der Waals surface area (Å²) in [6.45, 7) is 7.05. The molecule has 1 fully saturated rings. The van der Waals surface area contributed by atoms with Crippen molar-refractivity contribution in [1.82, 2.24) is 4.98 Å². The highest BCUT2D eigenvalue weighted by Gasteiger charge is 2.48. The summed E-state index contributed by atoms with van der Waals surface area (Å²) in [7, 11) is 0. The molecule has 0 radical (unpaired) electrons. The molecule has 0 spiro atoms. The molecule has 1 aliphatic carbocycles. The Morgan fingerprint density at radius 3 is 2.79 bits per heavy atom. The van der Waals surface area contributed by atoms with E-state index in [1.807, 2.05) is 0 Å². The highest BCUT2D eigenvalue weighted by Crippen LogP contribution is 2.47. The number of ketones is 1. The Morgan fingerprint density at radius 1 is 1.36 bits per heavy atom. The van der Waals surface area contributed by atoms with Crippen LogP contribution in [0.25, 0.3) is 0 Å². The predicted molar refractivity (Wildman–Crippen MR) is 107 cm³/mol. The van der Waals surface area contributed by atoms with Crippen LogP contribution in [-0.4, -0.2) is 48.8 Å². The van der Waals surface area contributed by atoms with E-state index in [1.54, 1.807) is 18.6 Å². The lowest BCUT2D eigenvalue weighted by Crippen LogP contribution is -2.44. The van der Waals surface area contributed by atoms with E-state index in [0.29, 0.717) is 37.3 Å². The van der Waals surface area contributed by atoms with E-state index in [0.717, 1.165) is 10.6 Å². The standard InChI is InChI=1S/C20H27N3O4S/c1-4-27-19(25)17-13(10-26-6-5-21)23-12-7-20(2,3)8-14(24)16(12)18(17)15-9-22-11-28-15/h9,11,16,18H,4-8,10,21H2,1-3H3. The van der Waals surface area contributed by atoms with Gasteiger partial charge >= 0.3 is 5.97 Å². The molecule has 2 N–H and O–H groups in total. The van der Waals surface area contributed by atoms with Gasteiger partial charge in [-0.15, -0.1) is 11.3 Å². The number of esters is 1. The molecule has 1 aliphatic heterocycles. The molecular formula is C20H27N3O4S. The van der Waals surface area contributed by atoms with Gasteiger partial charge < -0.3 is 15.2 Å². The zero-order valence-electron chi connectivity index (χ0n) is 16.6. The quantitative estimate of drug-likeness (QED) is 0.552. The third-order valence-corrected chi connectivity index (χ3v) is 5.87. The monoisotopic (exact) mass is 405 g/mol. The van der Waals surface area contributed by atoms with Crippen molar-refractivity contribution >= 4 is 28.8 Å². The Labute approximate surface area is 169 Å². The number of rotatable bonds is 7. The molecule has 0 aromatic carbocycles. The Kier molecular flexibility index (Phi) is 6.42. The number of aliphatic imine (C=N–C) groups is 1. The largest absolute Gasteiger partial charge is 0.463 e. The van der Waals surface area contributed by atoms with Crippen LogP contribution in [0.3, 0.4) is 0 Å². The number of nitrogens with zero attached hydrogens (tertiary/aromatic N) is 2. The van der Waals surface area contributed by atoms with Crippen molar-refractivity contribution < 1.29 is 19.1 Å². The van der Waals surface area contributed by atoms with E-state index < -0.39 is 17.8 Å². The van der Waals surface area contributed by atoms with Crippen molar-refractivity contribution in [1.29, 1.82) is 0 Å². The minimum Gasteiger partial charge on any atom is -0.463 e. The molecule has 7 nitrogen and oxygen atoms in total. The van der Waals surface area contributed by atoms with Crippen LogP contribution >= 0.6 is 11.3 Å². The first kappa shape index (κ1) is 20.8. The Morgan fingerprint density at radius 2 is 2.14 bits per heavy atom. The van der Waals surface area contributed by atoms with Gasteiger partial charge in [0.2, 0.25) is 0 Å². The second kappa shape index (κ2) is 8.63. The third-order valence-electron chi connectivity index (χ3n) is 5.01. The molecule has 1 saturated carbocycles. The normalized spacial score (nSPS) is 24.0. The van der Waals surface area contributed by atoms with Gasteiger partial charge in [-0.05, 0) is 18.8 Å². The number of carbonyl (C=O) groups is 2. The van der Waals surface area contributed by atoms with Crippen LogP contribution in [0.1, 0.15) is 44.4 Å². The number of carbonyl (C=O) groups excluding carboxylic acids is 2. The lowest BCUT2D eigenvalue weighted by molar-refractivity contribution is -0.139. The Hall–Kier alpha value is -1.90. The van der Waals surface area contributed by atoms with Crippen LogP contribution < -0.4 is 5.73 Å². The van der Waals surface area contributed by atoms with Crippen molar-refractivity contribution in [3.05, 3.63) is 27.9 Å². The van der Waals surface area contributed by atoms with Crippen molar-refractivity contribution in [2.24, 2.45) is 22.1 Å². The summed E-state index contributed by atoms with van der Waals surface area (Å²) in [5.74, 6) is -1.23. The average molecular weight is 406 g/mol. The number of Topliss-reactive ketones (excluding diaryl/α,β-unsaturated/α-hetero) is 1. The average Bonchev–Trinajstić information content (AvgIpc) is 3.14. The Bertz CT molecular complexity index is 798. The molecule has 0 bridgehead atoms. The summed E-state index contributed by atoms with van der Waals surface area (Å²) in [5.41, 5.74) is 8.84. The number of hydrogen-bond donors (Lipinski definition) is 1. The molecule has 1 aromatic rings. The summed E-state index contributed by atoms with van der Waals surface area (Å²) in [6.07, 6.45) is 2.89. The van der Waals surface area contributed by atoms with E-state index in [1.165, 1.54) is 11.3 Å². The van der Waals surface area contributed by atoms with E-state index in [4.69, 9.17) is 20.2 Å². The van der Waals surface area contributed by atoms with Gasteiger partial charge in [0.05, 0.1) is 42.5 Å². The molecule has 152 valence electrons. The van der Waals surface area contributed by atoms with Crippen LogP contribution in [0.2, 0.25) is 0 Å². The maximum atomic E-state index is 13.1. The van der Waals surface area contributed by atoms with Crippen molar-refractivity contribution in [3.8, 4) is 0 Å². The first-order valence-electron chi connectivity index (χ1n) is 9.54. The first-order chi connectivity index (χ1) is 13.4. The van der Waals surface area contributed by atoms with Crippen LogP contribution in [0, 0.1) is 11.3 Å². The molecule has 28 heavy (non-hydrogen) atoms. The van der Waals surface area contributed by atoms with Gasteiger partial charge in [-0.3, -0.25) is 14.8 Å². The van der Waals surface area contributed by atoms with Gasteiger partial charge in [0.15, 0.2) is 0 Å². The molecule has 0 amide bonds. The molecule has 8 heteroatoms. The minimum atomic E-state index is -0.453. The van der Waals surface area contributed by atoms with Gasteiger partial charge in [0, 0.05) is 35.7 Å². The van der Waals surface area contributed by atoms with E-state index in [-0.39, 0.29) is 24.4 Å². The van der Waals surface area contributed by atoms with Crippen molar-refractivity contribution in [3.63, 3.8) is 0 Å². The maximum absolute atomic E-state index is 13.1. The summed E-state index contributed by atoms with van der Waals surface area (Å²) < 4.78 is 10.9. The number of thiazole rings is 1. The van der Waals surface area contributed by atoms with Crippen LogP contribution in [-0.2, 0) is 19.1 Å². The summed E-state index contributed by atoms with van der Waals surface area (Å²) in [6, 6.07) is 0. The lowest BCUT2D eigenvalue weighted by Gasteiger charge is -2.40. The van der Waals surface area contributed by atoms with Gasteiger partial charge in [-0.25, -0.2) is 4.79 Å². The van der Waals surface area contributed by atoms with E-state index in [9.17, 15) is 9.59 Å². The summed E-state index contributed by atoms with van der Waals surface area (Å²) in [4.78, 5) is 35.8. The van der Waals surface area contributed by atoms with E-state index in [2.05, 4.69) is 18.8 Å². The first-order valence-corrected chi connectivity index (χ1v) is 10.4. The Balaban J connectivity index is 2.13. The second-order valence-electron chi connectivity index (χ2n) is 7.87. The lowest BCUT2D eigenvalue weighted by atomic mass is 9.64. The number of ether oxygens (including phenoxy) is 2. The van der Waals surface area contributed by atoms with Crippen LogP contribution in [0.5, 0.6) is 0 Å². The van der Waals surface area contributed by atoms with Gasteiger partial charge in [-0.2, -0.15) is 0 Å². The van der Waals surface area contributed by atoms with Crippen molar-refractivity contribution in [2.45, 2.75) is 39.5 Å². The maximum Gasteiger partial charge on any atom is 0.336 e. The fourth-order valence-electron chi connectivity index (χ4n) is 4.00. The van der Waals surface area contributed by atoms with Gasteiger partial charge in [0.1, 0.15) is 5.78 Å². The molecule has 2 unspecified atom stereocenters. The number of aromatic nitrogens is 1. The summed E-state index contributed by atoms with van der Waals surface area (Å²) >= 11 is 1.44. The zero-order chi connectivity index (χ0) is 20.3. The molecular weight excluding hydrogens is 378 g/mol. The predicted octanol–water partition coefficient (Wildman–Crippen LogP) is 2.48. The van der Waals surface area contributed by atoms with Gasteiger partial charge in [0.25, 0.3) is 0 Å². The van der Waals surface area contributed by atoms with Crippen LogP contribution in [0.15, 0.2) is 28.0 Å². The summed E-state index contributed by atoms with van der Waals surface area (Å²) in [5, 5.41) is 0. The molecule has 3 rings (SSSR count). The van der Waals surface area contributed by atoms with Crippen molar-refractivity contribution in [2.75, 3.05) is 26.4 Å². The number of hydrogen-bond acceptors (Lipinski definition) is 8. The number of fused-ring (bicyclic) bond motifs is 1. The fourth-order valence-corrected chi connectivity index (χ4v) is 4.76. The topological polar surface area (TPSA) is 104 Å². The zero-order valence-corrected chi connectivity index (χ0v) is 17.4. The highest BCUT2D eigenvalue weighted by atomic mass is 32.1. The molecule has 2 heterocycles. The fraction of sp³-hybridized carbons (Fsp3) is 0.600. The molecule has 2 aliphatic rings. The minimum absolute atomic E-state index is 0.108. The SMILES string of the molecule is CCOC(=O)C1=C(COCCN)N=C2CC(C)(C)CC(=O)C2C1c1cncs1. The van der Waals surface area contributed by atoms with Gasteiger partial charge in [-0.1, -0.05) is 13.8 Å². The smallest absolute Gasteiger partial charge is 0.336 e. The molecule has 2 atom stereocenters. The third kappa shape index (κ3) is 4.24. The highest BCUT2D eigenvalue weighted by molar-refractivity contribution is 7.09.